The summed E-state index contributed by atoms with van der Waals surface area (Å²) >= 11 is 0. The van der Waals surface area contributed by atoms with Crippen LogP contribution in [-0.2, 0) is 11.3 Å². The van der Waals surface area contributed by atoms with Gasteiger partial charge in [-0.1, -0.05) is 26.7 Å². The van der Waals surface area contributed by atoms with Crippen LogP contribution in [0.25, 0.3) is 0 Å². The van der Waals surface area contributed by atoms with Gasteiger partial charge in [-0.15, -0.1) is 0 Å². The van der Waals surface area contributed by atoms with Crippen molar-refractivity contribution < 1.29 is 9.53 Å². The fourth-order valence-corrected chi connectivity index (χ4v) is 2.37. The Morgan fingerprint density at radius 3 is 2.50 bits per heavy atom. The van der Waals surface area contributed by atoms with Gasteiger partial charge in [0.2, 0.25) is 5.91 Å². The lowest BCUT2D eigenvalue weighted by Crippen LogP contribution is -2.30. The number of amides is 1. The van der Waals surface area contributed by atoms with Gasteiger partial charge in [-0.05, 0) is 31.0 Å². The Bertz CT molecular complexity index is 426. The van der Waals surface area contributed by atoms with Crippen molar-refractivity contribution in [3.63, 3.8) is 0 Å². The summed E-state index contributed by atoms with van der Waals surface area (Å²) in [6, 6.07) is 5.46. The molecule has 20 heavy (non-hydrogen) atoms. The third kappa shape index (κ3) is 4.76. The number of rotatable bonds is 8. The molecule has 0 fully saturated rings. The summed E-state index contributed by atoms with van der Waals surface area (Å²) in [5.74, 6) is 0.984. The number of nitrogen functional groups attached to an aromatic ring is 1. The summed E-state index contributed by atoms with van der Waals surface area (Å²) in [4.78, 5) is 12.2. The van der Waals surface area contributed by atoms with Crippen LogP contribution < -0.4 is 15.8 Å². The number of ether oxygens (including phenoxy) is 1. The highest BCUT2D eigenvalue weighted by atomic mass is 16.5. The van der Waals surface area contributed by atoms with Gasteiger partial charge in [-0.25, -0.2) is 0 Å². The van der Waals surface area contributed by atoms with Gasteiger partial charge in [0.25, 0.3) is 0 Å². The van der Waals surface area contributed by atoms with Crippen molar-refractivity contribution in [3.05, 3.63) is 23.8 Å². The number of benzene rings is 1. The molecule has 0 aromatic heterocycles. The van der Waals surface area contributed by atoms with Crippen molar-refractivity contribution in [1.82, 2.24) is 5.32 Å². The highest BCUT2D eigenvalue weighted by molar-refractivity contribution is 5.78. The topological polar surface area (TPSA) is 64.4 Å². The molecule has 0 radical (unpaired) electrons. The second kappa shape index (κ2) is 8.46. The molecule has 0 aliphatic rings. The van der Waals surface area contributed by atoms with E-state index in [1.165, 1.54) is 0 Å². The van der Waals surface area contributed by atoms with E-state index in [1.54, 1.807) is 13.2 Å². The SMILES string of the molecule is CCCC(CCC)C(=O)NCc1cc(N)ccc1OC. The van der Waals surface area contributed by atoms with Crippen molar-refractivity contribution in [2.75, 3.05) is 12.8 Å². The van der Waals surface area contributed by atoms with E-state index in [-0.39, 0.29) is 11.8 Å². The van der Waals surface area contributed by atoms with Gasteiger partial charge >= 0.3 is 0 Å². The summed E-state index contributed by atoms with van der Waals surface area (Å²) in [5, 5.41) is 3.00. The highest BCUT2D eigenvalue weighted by Gasteiger charge is 2.16. The fraction of sp³-hybridized carbons (Fsp3) is 0.562. The van der Waals surface area contributed by atoms with Gasteiger partial charge in [0.1, 0.15) is 5.75 Å². The molecule has 0 saturated carbocycles. The average molecular weight is 278 g/mol. The Hall–Kier alpha value is -1.71. The van der Waals surface area contributed by atoms with Crippen molar-refractivity contribution >= 4 is 11.6 Å². The minimum absolute atomic E-state index is 0.108. The zero-order valence-corrected chi connectivity index (χ0v) is 12.7. The molecule has 3 N–H and O–H groups in total. The number of hydrogen-bond donors (Lipinski definition) is 2. The smallest absolute Gasteiger partial charge is 0.223 e. The number of nitrogens with two attached hydrogens (primary N) is 1. The van der Waals surface area contributed by atoms with E-state index in [2.05, 4.69) is 19.2 Å². The minimum Gasteiger partial charge on any atom is -0.496 e. The first-order chi connectivity index (χ1) is 9.62. The van der Waals surface area contributed by atoms with Crippen LogP contribution in [-0.4, -0.2) is 13.0 Å². The van der Waals surface area contributed by atoms with E-state index >= 15 is 0 Å². The van der Waals surface area contributed by atoms with Crippen molar-refractivity contribution in [2.45, 2.75) is 46.1 Å². The molecule has 0 spiro atoms. The number of nitrogens with one attached hydrogen (secondary N) is 1. The van der Waals surface area contributed by atoms with Crippen LogP contribution in [0.1, 0.15) is 45.1 Å². The quantitative estimate of drug-likeness (QED) is 0.718. The average Bonchev–Trinajstić information content (AvgIpc) is 2.44. The first-order valence-corrected chi connectivity index (χ1v) is 7.32. The van der Waals surface area contributed by atoms with Gasteiger partial charge in [-0.2, -0.15) is 0 Å². The van der Waals surface area contributed by atoms with Crippen LogP contribution in [0.3, 0.4) is 0 Å². The van der Waals surface area contributed by atoms with E-state index in [1.807, 2.05) is 12.1 Å². The van der Waals surface area contributed by atoms with Gasteiger partial charge < -0.3 is 15.8 Å². The van der Waals surface area contributed by atoms with Crippen LogP contribution in [0.4, 0.5) is 5.69 Å². The molecule has 0 heterocycles. The molecule has 0 saturated heterocycles. The molecule has 0 aliphatic carbocycles. The molecule has 112 valence electrons. The zero-order valence-electron chi connectivity index (χ0n) is 12.7. The highest BCUT2D eigenvalue weighted by Crippen LogP contribution is 2.21. The van der Waals surface area contributed by atoms with Gasteiger partial charge in [0.05, 0.1) is 7.11 Å². The van der Waals surface area contributed by atoms with E-state index < -0.39 is 0 Å². The van der Waals surface area contributed by atoms with E-state index in [0.29, 0.717) is 12.2 Å². The largest absolute Gasteiger partial charge is 0.496 e. The molecule has 4 heteroatoms. The molecule has 1 aromatic rings. The number of carbonyl (C=O) groups excluding carboxylic acids is 1. The van der Waals surface area contributed by atoms with Crippen LogP contribution in [0, 0.1) is 5.92 Å². The lowest BCUT2D eigenvalue weighted by atomic mass is 9.97. The van der Waals surface area contributed by atoms with Crippen molar-refractivity contribution in [3.8, 4) is 5.75 Å². The molecule has 0 unspecified atom stereocenters. The van der Waals surface area contributed by atoms with E-state index in [9.17, 15) is 4.79 Å². The molecule has 1 amide bonds. The van der Waals surface area contributed by atoms with E-state index in [0.717, 1.165) is 37.0 Å². The van der Waals surface area contributed by atoms with Crippen LogP contribution >= 0.6 is 0 Å². The van der Waals surface area contributed by atoms with Gasteiger partial charge in [-0.3, -0.25) is 4.79 Å². The molecule has 1 rings (SSSR count). The molecular formula is C16H26N2O2. The maximum Gasteiger partial charge on any atom is 0.223 e. The Morgan fingerprint density at radius 2 is 1.95 bits per heavy atom. The summed E-state index contributed by atoms with van der Waals surface area (Å²) in [6.45, 7) is 4.67. The standard InChI is InChI=1S/C16H26N2O2/c1-4-6-12(7-5-2)16(19)18-11-13-10-14(17)8-9-15(13)20-3/h8-10,12H,4-7,11,17H2,1-3H3,(H,18,19). The van der Waals surface area contributed by atoms with Crippen LogP contribution in [0.5, 0.6) is 5.75 Å². The maximum absolute atomic E-state index is 12.2. The predicted octanol–water partition coefficient (Wildman–Crippen LogP) is 3.11. The number of methoxy groups -OCH3 is 1. The predicted molar refractivity (Wildman–Crippen MR) is 82.6 cm³/mol. The van der Waals surface area contributed by atoms with Crippen molar-refractivity contribution in [1.29, 1.82) is 0 Å². The molecule has 0 atom stereocenters. The first-order valence-electron chi connectivity index (χ1n) is 7.32. The Balaban J connectivity index is 2.65. The number of hydrogen-bond acceptors (Lipinski definition) is 3. The minimum atomic E-state index is 0.108. The second-order valence-electron chi connectivity index (χ2n) is 5.06. The lowest BCUT2D eigenvalue weighted by Gasteiger charge is -2.16. The summed E-state index contributed by atoms with van der Waals surface area (Å²) in [6.07, 6.45) is 3.93. The molecule has 1 aromatic carbocycles. The van der Waals surface area contributed by atoms with Crippen LogP contribution in [0.15, 0.2) is 18.2 Å². The molecule has 0 bridgehead atoms. The third-order valence-electron chi connectivity index (χ3n) is 3.40. The zero-order chi connectivity index (χ0) is 15.0. The molecular weight excluding hydrogens is 252 g/mol. The summed E-state index contributed by atoms with van der Waals surface area (Å²) in [5.41, 5.74) is 7.36. The van der Waals surface area contributed by atoms with Crippen molar-refractivity contribution in [2.24, 2.45) is 5.92 Å². The van der Waals surface area contributed by atoms with E-state index in [4.69, 9.17) is 10.5 Å². The van der Waals surface area contributed by atoms with Gasteiger partial charge in [0, 0.05) is 23.7 Å². The fourth-order valence-electron chi connectivity index (χ4n) is 2.37. The molecule has 0 aliphatic heterocycles. The number of carbonyl (C=O) groups is 1. The Morgan fingerprint density at radius 1 is 1.30 bits per heavy atom. The van der Waals surface area contributed by atoms with Crippen LogP contribution in [0.2, 0.25) is 0 Å². The monoisotopic (exact) mass is 278 g/mol. The second-order valence-corrected chi connectivity index (χ2v) is 5.06. The Kier molecular flexibility index (Phi) is 6.91. The van der Waals surface area contributed by atoms with Gasteiger partial charge in [0.15, 0.2) is 0 Å². The summed E-state index contributed by atoms with van der Waals surface area (Å²) in [7, 11) is 1.62. The third-order valence-corrected chi connectivity index (χ3v) is 3.40. The maximum atomic E-state index is 12.2. The molecule has 4 nitrogen and oxygen atoms in total. The summed E-state index contributed by atoms with van der Waals surface area (Å²) < 4.78 is 5.28. The Labute approximate surface area is 121 Å². The number of anilines is 1. The normalized spacial score (nSPS) is 10.6. The lowest BCUT2D eigenvalue weighted by molar-refractivity contribution is -0.125. The first kappa shape index (κ1) is 16.3.